The predicted molar refractivity (Wildman–Crippen MR) is 58.5 cm³/mol. The molecular weight excluding hydrogens is 246 g/mol. The van der Waals surface area contributed by atoms with Gasteiger partial charge in [-0.05, 0) is 24.3 Å². The molecule has 17 heavy (non-hydrogen) atoms. The molecule has 1 aromatic carbocycles. The van der Waals surface area contributed by atoms with Crippen LogP contribution in [0, 0.1) is 0 Å². The molecule has 0 aliphatic rings. The lowest BCUT2D eigenvalue weighted by Crippen LogP contribution is -2.01. The van der Waals surface area contributed by atoms with Crippen LogP contribution in [0.1, 0.15) is 10.4 Å². The minimum absolute atomic E-state index is 0.0690. The van der Waals surface area contributed by atoms with E-state index in [0.29, 0.717) is 5.52 Å². The van der Waals surface area contributed by atoms with Gasteiger partial charge in [0.2, 0.25) is 0 Å². The number of hydrogen-bond donors (Lipinski definition) is 2. The van der Waals surface area contributed by atoms with Crippen molar-refractivity contribution in [1.82, 2.24) is 4.98 Å². The van der Waals surface area contributed by atoms with Gasteiger partial charge < -0.3 is 5.11 Å². The number of nitrogens with zero attached hydrogens (tertiary/aromatic N) is 1. The Balaban J connectivity index is 2.84. The van der Waals surface area contributed by atoms with E-state index in [9.17, 15) is 13.2 Å². The van der Waals surface area contributed by atoms with Crippen LogP contribution in [-0.2, 0) is 10.1 Å². The summed E-state index contributed by atoms with van der Waals surface area (Å²) in [5.41, 5.74) is 0.276. The van der Waals surface area contributed by atoms with Gasteiger partial charge in [0.25, 0.3) is 10.1 Å². The smallest absolute Gasteiger partial charge is 0.336 e. The Bertz CT molecular complexity index is 708. The topological polar surface area (TPSA) is 105 Å². The summed E-state index contributed by atoms with van der Waals surface area (Å²) in [5.74, 6) is -1.19. The Morgan fingerprint density at radius 1 is 1.24 bits per heavy atom. The summed E-state index contributed by atoms with van der Waals surface area (Å²) in [4.78, 5) is 14.5. The maximum atomic E-state index is 10.9. The molecule has 6 nitrogen and oxygen atoms in total. The minimum atomic E-state index is -4.36. The highest BCUT2D eigenvalue weighted by Gasteiger charge is 2.14. The standard InChI is InChI=1S/C10H7NO5S/c12-10(13)7-3-4-11-9-2-1-6(5-8(7)9)17(14,15)16/h1-5H,(H,12,13)(H,14,15,16). The molecule has 0 bridgehead atoms. The first kappa shape index (κ1) is 11.5. The fraction of sp³-hybridized carbons (Fsp3) is 0. The summed E-state index contributed by atoms with van der Waals surface area (Å²) < 4.78 is 30.8. The van der Waals surface area contributed by atoms with Crippen molar-refractivity contribution < 1.29 is 22.9 Å². The molecule has 0 aliphatic carbocycles. The lowest BCUT2D eigenvalue weighted by atomic mass is 10.1. The Kier molecular flexibility index (Phi) is 2.56. The molecule has 0 unspecified atom stereocenters. The van der Waals surface area contributed by atoms with Crippen molar-refractivity contribution in [3.8, 4) is 0 Å². The van der Waals surface area contributed by atoms with Crippen molar-refractivity contribution in [3.63, 3.8) is 0 Å². The summed E-state index contributed by atoms with van der Waals surface area (Å²) in [5, 5.41) is 9.10. The average Bonchev–Trinajstić information content (AvgIpc) is 2.26. The molecule has 2 N–H and O–H groups in total. The van der Waals surface area contributed by atoms with Gasteiger partial charge in [-0.1, -0.05) is 0 Å². The molecule has 0 aliphatic heterocycles. The van der Waals surface area contributed by atoms with Gasteiger partial charge in [-0.25, -0.2) is 4.79 Å². The second-order valence-corrected chi connectivity index (χ2v) is 4.74. The van der Waals surface area contributed by atoms with Gasteiger partial charge in [0.1, 0.15) is 0 Å². The molecule has 0 saturated heterocycles. The van der Waals surface area contributed by atoms with Gasteiger partial charge in [0.05, 0.1) is 16.0 Å². The number of benzene rings is 1. The van der Waals surface area contributed by atoms with Crippen LogP contribution in [0.15, 0.2) is 35.4 Å². The first-order valence-electron chi connectivity index (χ1n) is 4.49. The van der Waals surface area contributed by atoms with E-state index < -0.39 is 16.1 Å². The van der Waals surface area contributed by atoms with Crippen molar-refractivity contribution in [3.05, 3.63) is 36.0 Å². The van der Waals surface area contributed by atoms with Gasteiger partial charge in [0, 0.05) is 11.6 Å². The highest BCUT2D eigenvalue weighted by atomic mass is 32.2. The van der Waals surface area contributed by atoms with E-state index in [-0.39, 0.29) is 15.8 Å². The maximum Gasteiger partial charge on any atom is 0.336 e. The van der Waals surface area contributed by atoms with Crippen LogP contribution in [-0.4, -0.2) is 29.0 Å². The van der Waals surface area contributed by atoms with E-state index >= 15 is 0 Å². The number of aromatic carboxylic acids is 1. The van der Waals surface area contributed by atoms with Gasteiger partial charge in [0.15, 0.2) is 0 Å². The molecule has 0 amide bonds. The molecular formula is C10H7NO5S. The number of fused-ring (bicyclic) bond motifs is 1. The minimum Gasteiger partial charge on any atom is -0.478 e. The number of carboxylic acid groups (broad SMARTS) is 1. The third-order valence-corrected chi connectivity index (χ3v) is 3.09. The number of rotatable bonds is 2. The zero-order chi connectivity index (χ0) is 12.6. The van der Waals surface area contributed by atoms with Crippen LogP contribution in [0.3, 0.4) is 0 Å². The second kappa shape index (κ2) is 3.79. The molecule has 0 radical (unpaired) electrons. The Morgan fingerprint density at radius 3 is 2.53 bits per heavy atom. The molecule has 1 heterocycles. The summed E-state index contributed by atoms with van der Waals surface area (Å²) in [6, 6.07) is 4.85. The first-order valence-corrected chi connectivity index (χ1v) is 5.93. The van der Waals surface area contributed by atoms with Crippen LogP contribution < -0.4 is 0 Å². The summed E-state index contributed by atoms with van der Waals surface area (Å²) in [7, 11) is -4.36. The van der Waals surface area contributed by atoms with E-state index in [1.54, 1.807) is 0 Å². The number of carboxylic acids is 1. The third kappa shape index (κ3) is 2.10. The fourth-order valence-electron chi connectivity index (χ4n) is 1.47. The normalized spacial score (nSPS) is 11.6. The molecule has 88 valence electrons. The molecule has 2 rings (SSSR count). The van der Waals surface area contributed by atoms with E-state index in [0.717, 1.165) is 12.1 Å². The van der Waals surface area contributed by atoms with E-state index in [1.165, 1.54) is 18.3 Å². The molecule has 2 aromatic rings. The van der Waals surface area contributed by atoms with Crippen molar-refractivity contribution in [2.45, 2.75) is 4.90 Å². The quantitative estimate of drug-likeness (QED) is 0.778. The summed E-state index contributed by atoms with van der Waals surface area (Å²) in [6.45, 7) is 0. The fourth-order valence-corrected chi connectivity index (χ4v) is 1.98. The molecule has 0 atom stereocenters. The highest BCUT2D eigenvalue weighted by molar-refractivity contribution is 7.85. The van der Waals surface area contributed by atoms with Gasteiger partial charge in [-0.15, -0.1) is 0 Å². The van der Waals surface area contributed by atoms with Gasteiger partial charge in [-0.2, -0.15) is 8.42 Å². The van der Waals surface area contributed by atoms with Crippen LogP contribution in [0.25, 0.3) is 10.9 Å². The zero-order valence-corrected chi connectivity index (χ0v) is 9.18. The molecule has 7 heteroatoms. The number of aromatic nitrogens is 1. The Morgan fingerprint density at radius 2 is 1.94 bits per heavy atom. The molecule has 0 spiro atoms. The lowest BCUT2D eigenvalue weighted by Gasteiger charge is -2.03. The lowest BCUT2D eigenvalue weighted by molar-refractivity contribution is 0.0699. The van der Waals surface area contributed by atoms with Crippen LogP contribution in [0.2, 0.25) is 0 Å². The maximum absolute atomic E-state index is 10.9. The van der Waals surface area contributed by atoms with Crippen molar-refractivity contribution in [2.75, 3.05) is 0 Å². The number of hydrogen-bond acceptors (Lipinski definition) is 4. The number of pyridine rings is 1. The highest BCUT2D eigenvalue weighted by Crippen LogP contribution is 2.20. The molecule has 0 fully saturated rings. The predicted octanol–water partition coefficient (Wildman–Crippen LogP) is 1.18. The molecule has 0 saturated carbocycles. The van der Waals surface area contributed by atoms with E-state index in [2.05, 4.69) is 4.98 Å². The Hall–Kier alpha value is -1.99. The summed E-state index contributed by atoms with van der Waals surface area (Å²) >= 11 is 0. The third-order valence-electron chi connectivity index (χ3n) is 2.24. The molecule has 1 aromatic heterocycles. The largest absolute Gasteiger partial charge is 0.478 e. The van der Waals surface area contributed by atoms with Crippen molar-refractivity contribution in [2.24, 2.45) is 0 Å². The van der Waals surface area contributed by atoms with Crippen LogP contribution in [0.4, 0.5) is 0 Å². The van der Waals surface area contributed by atoms with Gasteiger partial charge >= 0.3 is 5.97 Å². The van der Waals surface area contributed by atoms with Crippen LogP contribution >= 0.6 is 0 Å². The van der Waals surface area contributed by atoms with E-state index in [1.807, 2.05) is 0 Å². The second-order valence-electron chi connectivity index (χ2n) is 3.32. The monoisotopic (exact) mass is 253 g/mol. The Labute approximate surface area is 96.3 Å². The van der Waals surface area contributed by atoms with E-state index in [4.69, 9.17) is 9.66 Å². The van der Waals surface area contributed by atoms with Crippen LogP contribution in [0.5, 0.6) is 0 Å². The van der Waals surface area contributed by atoms with Gasteiger partial charge in [-0.3, -0.25) is 9.54 Å². The summed E-state index contributed by atoms with van der Waals surface area (Å²) in [6.07, 6.45) is 1.32. The average molecular weight is 253 g/mol. The van der Waals surface area contributed by atoms with Crippen molar-refractivity contribution in [1.29, 1.82) is 0 Å². The first-order chi connectivity index (χ1) is 7.89. The zero-order valence-electron chi connectivity index (χ0n) is 8.36. The SMILES string of the molecule is O=C(O)c1ccnc2ccc(S(=O)(=O)O)cc12. The number of carbonyl (C=O) groups is 1. The van der Waals surface area contributed by atoms with Crippen molar-refractivity contribution >= 4 is 27.0 Å².